The number of aliphatic hydroxyl groups excluding tert-OH is 1. The number of benzene rings is 1. The maximum absolute atomic E-state index is 8.94. The summed E-state index contributed by atoms with van der Waals surface area (Å²) in [6, 6.07) is 14.5. The molecule has 1 heterocycles. The second-order valence-electron chi connectivity index (χ2n) is 2.79. The molecule has 0 fully saturated rings. The summed E-state index contributed by atoms with van der Waals surface area (Å²) in [4.78, 5) is 0. The fourth-order valence-electron chi connectivity index (χ4n) is 1.22. The Labute approximate surface area is 83.4 Å². The van der Waals surface area contributed by atoms with Crippen molar-refractivity contribution in [1.29, 1.82) is 0 Å². The van der Waals surface area contributed by atoms with Crippen molar-refractivity contribution in [2.24, 2.45) is 0 Å². The molecule has 2 aromatic rings. The quantitative estimate of drug-likeness (QED) is 0.791. The minimum atomic E-state index is 0.201. The van der Waals surface area contributed by atoms with E-state index in [1.54, 1.807) is 0 Å². The molecule has 13 heavy (non-hydrogen) atoms. The molecule has 1 aromatic heterocycles. The molecule has 1 nitrogen and oxygen atoms in total. The molecule has 1 aromatic carbocycles. The second-order valence-corrected chi connectivity index (χ2v) is 5.24. The van der Waals surface area contributed by atoms with Gasteiger partial charge in [0.25, 0.3) is 0 Å². The van der Waals surface area contributed by atoms with Crippen molar-refractivity contribution in [2.45, 2.75) is 6.61 Å². The minimum absolute atomic E-state index is 0.201. The van der Waals surface area contributed by atoms with E-state index in [0.717, 1.165) is 4.44 Å². The Kier molecular flexibility index (Phi) is 2.65. The van der Waals surface area contributed by atoms with Gasteiger partial charge in [0.15, 0.2) is 0 Å². The van der Waals surface area contributed by atoms with E-state index in [1.165, 1.54) is 10.0 Å². The SMILES string of the molecule is OCc1ccc(-c2ccccc2)[se]1. The maximum atomic E-state index is 8.94. The first-order chi connectivity index (χ1) is 6.40. The Morgan fingerprint density at radius 3 is 2.38 bits per heavy atom. The summed E-state index contributed by atoms with van der Waals surface area (Å²) in [5.74, 6) is 0. The number of hydrogen-bond donors (Lipinski definition) is 1. The molecular weight excluding hydrogens is 227 g/mol. The third kappa shape index (κ3) is 1.91. The fourth-order valence-corrected chi connectivity index (χ4v) is 3.05. The van der Waals surface area contributed by atoms with E-state index in [0.29, 0.717) is 14.5 Å². The van der Waals surface area contributed by atoms with Crippen molar-refractivity contribution in [3.8, 4) is 10.0 Å². The molecule has 0 aliphatic rings. The molecule has 0 bridgehead atoms. The Hall–Kier alpha value is -0.821. The van der Waals surface area contributed by atoms with Crippen molar-refractivity contribution in [3.63, 3.8) is 0 Å². The molecule has 0 amide bonds. The van der Waals surface area contributed by atoms with Crippen LogP contribution in [0.25, 0.3) is 10.0 Å². The van der Waals surface area contributed by atoms with E-state index in [9.17, 15) is 0 Å². The Balaban J connectivity index is 2.36. The van der Waals surface area contributed by atoms with Crippen molar-refractivity contribution >= 4 is 14.5 Å². The molecule has 0 aliphatic heterocycles. The third-order valence-corrected chi connectivity index (χ3v) is 4.22. The first-order valence-corrected chi connectivity index (χ1v) is 5.86. The molecule has 2 rings (SSSR count). The number of aliphatic hydroxyl groups is 1. The third-order valence-electron chi connectivity index (χ3n) is 1.88. The van der Waals surface area contributed by atoms with Crippen LogP contribution in [-0.2, 0) is 6.61 Å². The van der Waals surface area contributed by atoms with Crippen LogP contribution in [0.1, 0.15) is 4.44 Å². The zero-order chi connectivity index (χ0) is 9.10. The normalized spacial score (nSPS) is 10.2. The monoisotopic (exact) mass is 238 g/mol. The van der Waals surface area contributed by atoms with Gasteiger partial charge in [-0.1, -0.05) is 0 Å². The molecule has 0 spiro atoms. The Morgan fingerprint density at radius 2 is 1.77 bits per heavy atom. The summed E-state index contributed by atoms with van der Waals surface area (Å²) >= 11 is 0.329. The van der Waals surface area contributed by atoms with Gasteiger partial charge in [0.2, 0.25) is 0 Å². The molecule has 0 aliphatic carbocycles. The fraction of sp³-hybridized carbons (Fsp3) is 0.0909. The van der Waals surface area contributed by atoms with Crippen LogP contribution in [0.2, 0.25) is 0 Å². The van der Waals surface area contributed by atoms with E-state index < -0.39 is 0 Å². The van der Waals surface area contributed by atoms with Gasteiger partial charge in [0.05, 0.1) is 0 Å². The molecule has 0 atom stereocenters. The van der Waals surface area contributed by atoms with E-state index in [4.69, 9.17) is 5.11 Å². The predicted molar refractivity (Wildman–Crippen MR) is 54.7 cm³/mol. The van der Waals surface area contributed by atoms with Crippen LogP contribution in [0.15, 0.2) is 42.5 Å². The van der Waals surface area contributed by atoms with Crippen molar-refractivity contribution in [2.75, 3.05) is 0 Å². The van der Waals surface area contributed by atoms with Gasteiger partial charge >= 0.3 is 83.1 Å². The van der Waals surface area contributed by atoms with Crippen LogP contribution in [0.4, 0.5) is 0 Å². The predicted octanol–water partition coefficient (Wildman–Crippen LogP) is 1.90. The van der Waals surface area contributed by atoms with Crippen LogP contribution >= 0.6 is 0 Å². The summed E-state index contributed by atoms with van der Waals surface area (Å²) in [5.41, 5.74) is 1.28. The zero-order valence-electron chi connectivity index (χ0n) is 7.10. The molecule has 0 saturated heterocycles. The van der Waals surface area contributed by atoms with Gasteiger partial charge < -0.3 is 0 Å². The Bertz CT molecular complexity index is 378. The van der Waals surface area contributed by atoms with Crippen molar-refractivity contribution in [1.82, 2.24) is 0 Å². The van der Waals surface area contributed by atoms with Crippen LogP contribution < -0.4 is 0 Å². The summed E-state index contributed by atoms with van der Waals surface area (Å²) in [7, 11) is 0. The molecule has 1 N–H and O–H groups in total. The van der Waals surface area contributed by atoms with Gasteiger partial charge in [-0.25, -0.2) is 0 Å². The van der Waals surface area contributed by atoms with Crippen molar-refractivity contribution < 1.29 is 5.11 Å². The van der Waals surface area contributed by atoms with Gasteiger partial charge in [0.1, 0.15) is 0 Å². The number of rotatable bonds is 2. The first kappa shape index (κ1) is 8.76. The summed E-state index contributed by atoms with van der Waals surface area (Å²) in [5, 5.41) is 8.94. The van der Waals surface area contributed by atoms with Gasteiger partial charge in [-0.05, 0) is 0 Å². The molecule has 0 radical (unpaired) electrons. The van der Waals surface area contributed by atoms with Crippen LogP contribution in [0.5, 0.6) is 0 Å². The van der Waals surface area contributed by atoms with Crippen molar-refractivity contribution in [3.05, 3.63) is 46.9 Å². The summed E-state index contributed by atoms with van der Waals surface area (Å²) < 4.78 is 2.52. The van der Waals surface area contributed by atoms with Crippen LogP contribution in [-0.4, -0.2) is 19.6 Å². The van der Waals surface area contributed by atoms with Crippen LogP contribution in [0.3, 0.4) is 0 Å². The standard InChI is InChI=1S/C11H10OSe/c12-8-10-6-7-11(13-10)9-4-2-1-3-5-9/h1-7,12H,8H2. The van der Waals surface area contributed by atoms with E-state index in [2.05, 4.69) is 18.2 Å². The van der Waals surface area contributed by atoms with E-state index in [-0.39, 0.29) is 6.61 Å². The van der Waals surface area contributed by atoms with Gasteiger partial charge in [-0.15, -0.1) is 0 Å². The molecule has 0 saturated carbocycles. The zero-order valence-corrected chi connectivity index (χ0v) is 8.82. The average Bonchev–Trinajstić information content (AvgIpc) is 2.67. The van der Waals surface area contributed by atoms with Gasteiger partial charge in [0, 0.05) is 0 Å². The second kappa shape index (κ2) is 3.93. The molecule has 2 heteroatoms. The summed E-state index contributed by atoms with van der Waals surface area (Å²) in [6.45, 7) is 0.201. The summed E-state index contributed by atoms with van der Waals surface area (Å²) in [6.07, 6.45) is 0. The first-order valence-electron chi connectivity index (χ1n) is 4.15. The molecular formula is C11H10OSe. The average molecular weight is 237 g/mol. The van der Waals surface area contributed by atoms with Crippen LogP contribution in [0, 0.1) is 0 Å². The van der Waals surface area contributed by atoms with Gasteiger partial charge in [-0.2, -0.15) is 0 Å². The van der Waals surface area contributed by atoms with E-state index in [1.807, 2.05) is 24.3 Å². The Morgan fingerprint density at radius 1 is 1.00 bits per heavy atom. The molecule has 0 unspecified atom stereocenters. The molecule has 66 valence electrons. The van der Waals surface area contributed by atoms with Gasteiger partial charge in [-0.3, -0.25) is 0 Å². The number of hydrogen-bond acceptors (Lipinski definition) is 1. The topological polar surface area (TPSA) is 20.2 Å². The van der Waals surface area contributed by atoms with E-state index >= 15 is 0 Å².